The van der Waals surface area contributed by atoms with E-state index in [2.05, 4.69) is 5.32 Å². The van der Waals surface area contributed by atoms with Gasteiger partial charge >= 0.3 is 0 Å². The van der Waals surface area contributed by atoms with Crippen molar-refractivity contribution in [3.63, 3.8) is 0 Å². The third kappa shape index (κ3) is 3.04. The zero-order valence-corrected chi connectivity index (χ0v) is 13.5. The highest BCUT2D eigenvalue weighted by Gasteiger charge is 2.47. The molecule has 3 amide bonds. The van der Waals surface area contributed by atoms with E-state index in [0.717, 1.165) is 4.90 Å². The van der Waals surface area contributed by atoms with Crippen LogP contribution in [0.3, 0.4) is 0 Å². The van der Waals surface area contributed by atoms with Crippen LogP contribution in [0.4, 0.5) is 5.69 Å². The lowest BCUT2D eigenvalue weighted by molar-refractivity contribution is -0.142. The zero-order chi connectivity index (χ0) is 17.1. The molecule has 1 heterocycles. The molecule has 24 heavy (non-hydrogen) atoms. The van der Waals surface area contributed by atoms with E-state index in [9.17, 15) is 14.4 Å². The number of nitrogens with zero attached hydrogens (tertiary/aromatic N) is 1. The third-order valence-electron chi connectivity index (χ3n) is 4.36. The van der Waals surface area contributed by atoms with Gasteiger partial charge in [0.1, 0.15) is 12.3 Å². The monoisotopic (exact) mass is 328 g/mol. The van der Waals surface area contributed by atoms with Crippen LogP contribution in [0.2, 0.25) is 0 Å². The molecule has 1 aliphatic heterocycles. The minimum absolute atomic E-state index is 0.248. The van der Waals surface area contributed by atoms with Gasteiger partial charge in [0, 0.05) is 0 Å². The van der Waals surface area contributed by atoms with E-state index >= 15 is 0 Å². The van der Waals surface area contributed by atoms with Gasteiger partial charge in [-0.15, -0.1) is 0 Å². The molecule has 1 aromatic rings. The van der Waals surface area contributed by atoms with Crippen molar-refractivity contribution in [2.24, 2.45) is 11.8 Å². The van der Waals surface area contributed by atoms with Crippen molar-refractivity contribution in [1.82, 2.24) is 4.90 Å². The number of imide groups is 1. The van der Waals surface area contributed by atoms with Crippen LogP contribution in [0.5, 0.6) is 5.75 Å². The molecule has 2 atom stereocenters. The third-order valence-corrected chi connectivity index (χ3v) is 4.36. The highest BCUT2D eigenvalue weighted by molar-refractivity contribution is 6.09. The lowest BCUT2D eigenvalue weighted by Crippen LogP contribution is -2.38. The number of ether oxygens (including phenoxy) is 1. The number of carbonyl (C=O) groups is 3. The number of amides is 3. The summed E-state index contributed by atoms with van der Waals surface area (Å²) in [5.74, 6) is -0.969. The zero-order valence-electron chi connectivity index (χ0n) is 13.5. The smallest absolute Gasteiger partial charge is 0.244 e. The fourth-order valence-corrected chi connectivity index (χ4v) is 3.21. The molecule has 6 heteroatoms. The molecule has 0 aromatic heterocycles. The lowest BCUT2D eigenvalue weighted by Gasteiger charge is -2.16. The van der Waals surface area contributed by atoms with Gasteiger partial charge in [0.05, 0.1) is 24.1 Å². The molecule has 3 rings (SSSR count). The first kappa shape index (κ1) is 16.2. The van der Waals surface area contributed by atoms with Crippen LogP contribution in [-0.2, 0) is 14.4 Å². The highest BCUT2D eigenvalue weighted by atomic mass is 16.5. The molecule has 1 saturated heterocycles. The number of para-hydroxylation sites is 2. The molecule has 126 valence electrons. The fraction of sp³-hybridized carbons (Fsp3) is 0.389. The van der Waals surface area contributed by atoms with Gasteiger partial charge in [0.15, 0.2) is 0 Å². The highest BCUT2D eigenvalue weighted by Crippen LogP contribution is 2.35. The summed E-state index contributed by atoms with van der Waals surface area (Å²) in [5, 5.41) is 2.72. The maximum atomic E-state index is 12.4. The second-order valence-electron chi connectivity index (χ2n) is 5.90. The summed E-state index contributed by atoms with van der Waals surface area (Å²) in [6.45, 7) is 2.08. The summed E-state index contributed by atoms with van der Waals surface area (Å²) in [7, 11) is 0. The fourth-order valence-electron chi connectivity index (χ4n) is 3.21. The average Bonchev–Trinajstić information content (AvgIpc) is 2.82. The summed E-state index contributed by atoms with van der Waals surface area (Å²) in [6.07, 6.45) is 4.99. The van der Waals surface area contributed by atoms with Gasteiger partial charge in [0.2, 0.25) is 17.7 Å². The van der Waals surface area contributed by atoms with Gasteiger partial charge in [-0.2, -0.15) is 0 Å². The first-order valence-corrected chi connectivity index (χ1v) is 8.13. The van der Waals surface area contributed by atoms with Crippen LogP contribution < -0.4 is 10.1 Å². The molecule has 1 aromatic carbocycles. The van der Waals surface area contributed by atoms with E-state index in [1.54, 1.807) is 18.2 Å². The van der Waals surface area contributed by atoms with Crippen molar-refractivity contribution >= 4 is 23.4 Å². The predicted molar refractivity (Wildman–Crippen MR) is 88.3 cm³/mol. The second-order valence-corrected chi connectivity index (χ2v) is 5.90. The van der Waals surface area contributed by atoms with E-state index in [0.29, 0.717) is 30.9 Å². The molecule has 1 aliphatic carbocycles. The summed E-state index contributed by atoms with van der Waals surface area (Å²) in [6, 6.07) is 7.07. The molecule has 1 N–H and O–H groups in total. The minimum atomic E-state index is -0.407. The topological polar surface area (TPSA) is 75.7 Å². The number of likely N-dealkylation sites (tertiary alicyclic amines) is 1. The van der Waals surface area contributed by atoms with E-state index in [-0.39, 0.29) is 30.2 Å². The first-order chi connectivity index (χ1) is 11.6. The number of anilines is 1. The quantitative estimate of drug-likeness (QED) is 0.662. The van der Waals surface area contributed by atoms with Crippen LogP contribution in [0.25, 0.3) is 0 Å². The number of carbonyl (C=O) groups excluding carboxylic acids is 3. The van der Waals surface area contributed by atoms with Crippen molar-refractivity contribution in [2.75, 3.05) is 18.5 Å². The van der Waals surface area contributed by atoms with Crippen molar-refractivity contribution < 1.29 is 19.1 Å². The predicted octanol–water partition coefficient (Wildman–Crippen LogP) is 1.97. The van der Waals surface area contributed by atoms with Gasteiger partial charge < -0.3 is 10.1 Å². The standard InChI is InChI=1S/C18H20N2O4/c1-2-24-15-10-6-5-9-14(15)19-16(21)11-20-17(22)12-7-3-4-8-13(12)18(20)23/h3-6,9-10,12-13H,2,7-8,11H2,1H3,(H,19,21)/t12-,13-/m1/s1. The van der Waals surface area contributed by atoms with Crippen LogP contribution in [0.1, 0.15) is 19.8 Å². The summed E-state index contributed by atoms with van der Waals surface area (Å²) in [5.41, 5.74) is 0.530. The number of fused-ring (bicyclic) bond motifs is 1. The number of nitrogens with one attached hydrogen (secondary N) is 1. The van der Waals surface area contributed by atoms with Crippen molar-refractivity contribution in [3.05, 3.63) is 36.4 Å². The average molecular weight is 328 g/mol. The number of rotatable bonds is 5. The molecule has 0 saturated carbocycles. The van der Waals surface area contributed by atoms with Crippen molar-refractivity contribution in [3.8, 4) is 5.75 Å². The first-order valence-electron chi connectivity index (χ1n) is 8.13. The van der Waals surface area contributed by atoms with E-state index in [1.807, 2.05) is 25.1 Å². The van der Waals surface area contributed by atoms with E-state index in [4.69, 9.17) is 4.74 Å². The normalized spacial score (nSPS) is 22.5. The Hall–Kier alpha value is -2.63. The molecule has 0 bridgehead atoms. The van der Waals surface area contributed by atoms with Crippen molar-refractivity contribution in [1.29, 1.82) is 0 Å². The Morgan fingerprint density at radius 3 is 2.42 bits per heavy atom. The van der Waals surface area contributed by atoms with Crippen LogP contribution >= 0.6 is 0 Å². The molecule has 0 spiro atoms. The Bertz CT molecular complexity index is 672. The summed E-state index contributed by atoms with van der Waals surface area (Å²) >= 11 is 0. The lowest BCUT2D eigenvalue weighted by atomic mass is 9.85. The van der Waals surface area contributed by atoms with Gasteiger partial charge in [-0.3, -0.25) is 19.3 Å². The van der Waals surface area contributed by atoms with Crippen LogP contribution in [0.15, 0.2) is 36.4 Å². The molecule has 0 unspecified atom stereocenters. The Balaban J connectivity index is 1.67. The van der Waals surface area contributed by atoms with Gasteiger partial charge in [-0.05, 0) is 31.9 Å². The summed E-state index contributed by atoms with van der Waals surface area (Å²) < 4.78 is 5.46. The second kappa shape index (κ2) is 6.86. The van der Waals surface area contributed by atoms with E-state index < -0.39 is 5.91 Å². The Kier molecular flexibility index (Phi) is 4.64. The van der Waals surface area contributed by atoms with Gasteiger partial charge in [0.25, 0.3) is 0 Å². The SMILES string of the molecule is CCOc1ccccc1NC(=O)CN1C(=O)[C@@H]2CC=CC[C@H]2C1=O. The number of hydrogen-bond acceptors (Lipinski definition) is 4. The van der Waals surface area contributed by atoms with Crippen LogP contribution in [0, 0.1) is 11.8 Å². The molecular formula is C18H20N2O4. The number of hydrogen-bond donors (Lipinski definition) is 1. The Labute approximate surface area is 140 Å². The molecule has 6 nitrogen and oxygen atoms in total. The Morgan fingerprint density at radius 1 is 1.17 bits per heavy atom. The molecular weight excluding hydrogens is 308 g/mol. The number of benzene rings is 1. The maximum absolute atomic E-state index is 12.4. The maximum Gasteiger partial charge on any atom is 0.244 e. The van der Waals surface area contributed by atoms with Crippen molar-refractivity contribution in [2.45, 2.75) is 19.8 Å². The molecule has 1 fully saturated rings. The molecule has 0 radical (unpaired) electrons. The summed E-state index contributed by atoms with van der Waals surface area (Å²) in [4.78, 5) is 38.1. The minimum Gasteiger partial charge on any atom is -0.492 e. The Morgan fingerprint density at radius 2 is 1.79 bits per heavy atom. The van der Waals surface area contributed by atoms with Gasteiger partial charge in [-0.1, -0.05) is 24.3 Å². The molecule has 2 aliphatic rings. The van der Waals surface area contributed by atoms with Gasteiger partial charge in [-0.25, -0.2) is 0 Å². The van der Waals surface area contributed by atoms with E-state index in [1.165, 1.54) is 0 Å². The largest absolute Gasteiger partial charge is 0.492 e. The van der Waals surface area contributed by atoms with Crippen LogP contribution in [-0.4, -0.2) is 35.8 Å². The number of allylic oxidation sites excluding steroid dienone is 2.